The lowest BCUT2D eigenvalue weighted by Gasteiger charge is -2.30. The minimum atomic E-state index is -0.140. The normalized spacial score (nSPS) is 11.5. The minimum absolute atomic E-state index is 0.0111. The van der Waals surface area contributed by atoms with Gasteiger partial charge >= 0.3 is 0 Å². The van der Waals surface area contributed by atoms with Crippen LogP contribution in [0.3, 0.4) is 0 Å². The Labute approximate surface area is 200 Å². The Hall–Kier alpha value is -3.09. The second-order valence-corrected chi connectivity index (χ2v) is 9.83. The maximum atomic E-state index is 13.4. The van der Waals surface area contributed by atoms with Gasteiger partial charge in [-0.05, 0) is 12.1 Å². The molecule has 0 aliphatic carbocycles. The number of nitrogens with one attached hydrogen (secondary N) is 1. The lowest BCUT2D eigenvalue weighted by Crippen LogP contribution is -2.54. The van der Waals surface area contributed by atoms with Crippen molar-refractivity contribution in [1.29, 1.82) is 0 Å². The molecule has 0 spiro atoms. The van der Waals surface area contributed by atoms with Crippen LogP contribution >= 0.6 is 0 Å². The van der Waals surface area contributed by atoms with Gasteiger partial charge in [-0.25, -0.2) is 9.97 Å². The number of aromatic nitrogens is 4. The summed E-state index contributed by atoms with van der Waals surface area (Å²) in [7, 11) is 16.9. The van der Waals surface area contributed by atoms with E-state index >= 15 is 0 Å². The van der Waals surface area contributed by atoms with Crippen molar-refractivity contribution < 1.29 is 4.79 Å². The summed E-state index contributed by atoms with van der Waals surface area (Å²) in [6, 6.07) is 3.91. The van der Waals surface area contributed by atoms with Crippen molar-refractivity contribution in [2.45, 2.75) is 5.11 Å². The maximum absolute atomic E-state index is 13.4. The molecule has 33 heavy (non-hydrogen) atoms. The largest absolute Gasteiger partial charge is 0.334 e. The number of hydrogen-bond acceptors (Lipinski definition) is 4. The van der Waals surface area contributed by atoms with E-state index in [1.165, 1.54) is 16.5 Å². The van der Waals surface area contributed by atoms with Crippen molar-refractivity contribution in [3.05, 3.63) is 48.2 Å². The van der Waals surface area contributed by atoms with E-state index in [-0.39, 0.29) is 11.0 Å². The number of benzene rings is 1. The first-order valence-electron chi connectivity index (χ1n) is 11.1. The molecule has 13 heteroatoms. The van der Waals surface area contributed by atoms with Gasteiger partial charge in [0.05, 0.1) is 53.5 Å². The molecule has 0 saturated heterocycles. The van der Waals surface area contributed by atoms with Crippen molar-refractivity contribution in [1.82, 2.24) is 19.5 Å². The summed E-state index contributed by atoms with van der Waals surface area (Å²) < 4.78 is 1.95. The van der Waals surface area contributed by atoms with Crippen LogP contribution in [-0.2, 0) is 12.2 Å². The highest BCUT2D eigenvalue weighted by atomic mass is 16.1. The number of imidazole rings is 1. The fraction of sp³-hybridized carbons (Fsp3) is 0.100. The molecular formula is C20H24B7N5O. The molecule has 0 saturated carbocycles. The highest BCUT2D eigenvalue weighted by Gasteiger charge is 2.25. The Kier molecular flexibility index (Phi) is 5.85. The highest BCUT2D eigenvalue weighted by Crippen LogP contribution is 2.23. The van der Waals surface area contributed by atoms with E-state index in [0.29, 0.717) is 5.82 Å². The topological polar surface area (TPSA) is 72.7 Å². The van der Waals surface area contributed by atoms with Crippen LogP contribution in [0.4, 0.5) is 5.82 Å². The van der Waals surface area contributed by atoms with E-state index in [1.54, 1.807) is 12.5 Å². The molecule has 0 aliphatic rings. The van der Waals surface area contributed by atoms with E-state index in [1.807, 2.05) is 51.8 Å². The van der Waals surface area contributed by atoms with Gasteiger partial charge in [-0.15, -0.1) is 0 Å². The highest BCUT2D eigenvalue weighted by molar-refractivity contribution is 6.66. The summed E-state index contributed by atoms with van der Waals surface area (Å²) in [6.07, 6.45) is 7.08. The minimum Gasteiger partial charge on any atom is -0.334 e. The summed E-state index contributed by atoms with van der Waals surface area (Å²) in [5.41, 5.74) is 9.12. The lowest BCUT2D eigenvalue weighted by molar-refractivity contribution is 0.102. The number of rotatable bonds is 4. The van der Waals surface area contributed by atoms with Crippen molar-refractivity contribution in [3.63, 3.8) is 0 Å². The molecular weight excluding hydrogens is 402 g/mol. The number of amides is 1. The first-order chi connectivity index (χ1) is 15.5. The molecule has 3 heterocycles. The van der Waals surface area contributed by atoms with Gasteiger partial charge in [0.1, 0.15) is 37.2 Å². The average molecular weight is 426 g/mol. The fourth-order valence-corrected chi connectivity index (χ4v) is 4.83. The van der Waals surface area contributed by atoms with Gasteiger partial charge in [0.2, 0.25) is 0 Å². The molecule has 0 aliphatic heterocycles. The second kappa shape index (κ2) is 8.36. The van der Waals surface area contributed by atoms with Gasteiger partial charge in [-0.3, -0.25) is 9.78 Å². The predicted molar refractivity (Wildman–Crippen MR) is 156 cm³/mol. The molecule has 0 unspecified atom stereocenters. The van der Waals surface area contributed by atoms with E-state index < -0.39 is 0 Å². The summed E-state index contributed by atoms with van der Waals surface area (Å²) >= 11 is 0. The molecule has 1 amide bonds. The molecule has 0 fully saturated rings. The molecule has 4 aromatic rings. The van der Waals surface area contributed by atoms with Crippen molar-refractivity contribution in [2.24, 2.45) is 7.05 Å². The number of hydrogen-bond donors (Lipinski definition) is 1. The summed E-state index contributed by atoms with van der Waals surface area (Å²) in [5.74, 6) is 0.365. The van der Waals surface area contributed by atoms with Gasteiger partial charge < -0.3 is 9.88 Å². The SMILES string of the molecule is Bc1c(B)c(C(B)(B)B)c(B)c(B)c1C(=O)Nc1cc2cc(-c3cncn3C)cnc2cn1. The third-order valence-corrected chi connectivity index (χ3v) is 6.52. The molecule has 1 N–H and O–H groups in total. The standard InChI is InChI=1S/C20H24B7N5O/c1-32-7-28-6-11(32)9-2-8-3-12(30-5-10(8)29-4-9)31-19(33)13-15(21)17(23)14(20(25,26)27)18(24)16(13)22/h2-7H,21-27H2,1H3,(H,30,31,33). The van der Waals surface area contributed by atoms with E-state index in [9.17, 15) is 4.79 Å². The van der Waals surface area contributed by atoms with Crippen molar-refractivity contribution >= 4 is 99.4 Å². The Morgan fingerprint density at radius 2 is 1.61 bits per heavy atom. The summed E-state index contributed by atoms with van der Waals surface area (Å²) in [4.78, 5) is 26.5. The van der Waals surface area contributed by atoms with E-state index in [0.717, 1.165) is 38.6 Å². The van der Waals surface area contributed by atoms with Gasteiger partial charge in [-0.2, -0.15) is 0 Å². The predicted octanol–water partition coefficient (Wildman–Crippen LogP) is -6.67. The number of aryl methyl sites for hydroxylation is 1. The molecule has 0 bridgehead atoms. The first-order valence-corrected chi connectivity index (χ1v) is 11.1. The van der Waals surface area contributed by atoms with Gasteiger partial charge in [-0.1, -0.05) is 32.5 Å². The summed E-state index contributed by atoms with van der Waals surface area (Å²) in [6.45, 7) is 0. The molecule has 0 radical (unpaired) electrons. The lowest BCUT2D eigenvalue weighted by atomic mass is 9.37. The van der Waals surface area contributed by atoms with Crippen LogP contribution in [-0.4, -0.2) is 80.4 Å². The number of pyridine rings is 2. The number of carbonyl (C=O) groups is 1. The van der Waals surface area contributed by atoms with E-state index in [2.05, 4.69) is 59.5 Å². The van der Waals surface area contributed by atoms with Crippen LogP contribution < -0.4 is 27.2 Å². The summed E-state index contributed by atoms with van der Waals surface area (Å²) in [5, 5.41) is 3.93. The number of carbonyl (C=O) groups excluding carboxylic acids is 1. The van der Waals surface area contributed by atoms with Crippen LogP contribution in [0.2, 0.25) is 0 Å². The van der Waals surface area contributed by atoms with Crippen LogP contribution in [0, 0.1) is 0 Å². The average Bonchev–Trinajstić information content (AvgIpc) is 3.17. The van der Waals surface area contributed by atoms with Crippen LogP contribution in [0.25, 0.3) is 22.2 Å². The third-order valence-electron chi connectivity index (χ3n) is 6.52. The Morgan fingerprint density at radius 1 is 0.939 bits per heavy atom. The van der Waals surface area contributed by atoms with Crippen LogP contribution in [0.5, 0.6) is 0 Å². The Bertz CT molecular complexity index is 1390. The van der Waals surface area contributed by atoms with E-state index in [4.69, 9.17) is 0 Å². The Morgan fingerprint density at radius 3 is 2.18 bits per heavy atom. The van der Waals surface area contributed by atoms with Crippen LogP contribution in [0.1, 0.15) is 15.9 Å². The monoisotopic (exact) mass is 427 g/mol. The zero-order chi connectivity index (χ0) is 24.1. The van der Waals surface area contributed by atoms with Gasteiger partial charge in [0.25, 0.3) is 5.91 Å². The zero-order valence-electron chi connectivity index (χ0n) is 20.7. The smallest absolute Gasteiger partial charge is 0.255 e. The first kappa shape index (κ1) is 23.1. The van der Waals surface area contributed by atoms with Gasteiger partial charge in [0.15, 0.2) is 0 Å². The molecule has 0 atom stereocenters. The quantitative estimate of drug-likeness (QED) is 0.330. The molecule has 1 aromatic carbocycles. The zero-order valence-corrected chi connectivity index (χ0v) is 20.7. The second-order valence-electron chi connectivity index (χ2n) is 9.83. The number of fused-ring (bicyclic) bond motifs is 1. The number of anilines is 1. The Balaban J connectivity index is 1.72. The third kappa shape index (κ3) is 4.17. The van der Waals surface area contributed by atoms with Crippen molar-refractivity contribution in [3.8, 4) is 11.3 Å². The molecule has 156 valence electrons. The fourth-order valence-electron chi connectivity index (χ4n) is 4.83. The maximum Gasteiger partial charge on any atom is 0.255 e. The van der Waals surface area contributed by atoms with Gasteiger partial charge in [0, 0.05) is 29.8 Å². The molecule has 6 nitrogen and oxygen atoms in total. The van der Waals surface area contributed by atoms with Crippen molar-refractivity contribution in [2.75, 3.05) is 5.32 Å². The van der Waals surface area contributed by atoms with Crippen LogP contribution in [0.15, 0.2) is 37.1 Å². The molecule has 4 rings (SSSR count). The number of nitrogens with zero attached hydrogens (tertiary/aromatic N) is 4. The molecule has 3 aromatic heterocycles.